The maximum Gasteiger partial charge on any atom is 0.105 e. The number of nitrogens with one attached hydrogen (secondary N) is 2. The molecule has 1 aromatic heterocycles. The van der Waals surface area contributed by atoms with Crippen molar-refractivity contribution in [3.63, 3.8) is 0 Å². The Morgan fingerprint density at radius 2 is 1.68 bits per heavy atom. The smallest absolute Gasteiger partial charge is 0.105 e. The van der Waals surface area contributed by atoms with Gasteiger partial charge in [-0.05, 0) is 36.2 Å². The van der Waals surface area contributed by atoms with Crippen molar-refractivity contribution in [2.24, 2.45) is 0 Å². The summed E-state index contributed by atoms with van der Waals surface area (Å²) in [5.41, 5.74) is 7.48. The molecule has 0 saturated heterocycles. The summed E-state index contributed by atoms with van der Waals surface area (Å²) in [4.78, 5) is 4.97. The lowest BCUT2D eigenvalue weighted by molar-refractivity contribution is 1.15. The molecule has 3 heteroatoms. The fourth-order valence-electron chi connectivity index (χ4n) is 3.54. The standard InChI is InChI=1S/C22H18N2S/c1-14-11-12-18-19(13-14)25-22(24-18)20-16-9-5-6-10-17(16)23-21(20)15-7-3-2-4-8-15/h2-13,22-24H,1H3. The number of rotatable bonds is 2. The van der Waals surface area contributed by atoms with Crippen molar-refractivity contribution in [2.75, 3.05) is 5.32 Å². The van der Waals surface area contributed by atoms with Gasteiger partial charge in [0.15, 0.2) is 0 Å². The van der Waals surface area contributed by atoms with Crippen molar-refractivity contribution in [3.8, 4) is 11.3 Å². The summed E-state index contributed by atoms with van der Waals surface area (Å²) in [5.74, 6) is 0. The molecule has 2 nitrogen and oxygen atoms in total. The highest BCUT2D eigenvalue weighted by Gasteiger charge is 2.28. The van der Waals surface area contributed by atoms with Crippen molar-refractivity contribution in [1.29, 1.82) is 0 Å². The van der Waals surface area contributed by atoms with Gasteiger partial charge in [0.25, 0.3) is 0 Å². The van der Waals surface area contributed by atoms with Crippen LogP contribution in [0, 0.1) is 6.92 Å². The van der Waals surface area contributed by atoms with Gasteiger partial charge in [0.2, 0.25) is 0 Å². The molecule has 4 aromatic rings. The fourth-order valence-corrected chi connectivity index (χ4v) is 4.85. The zero-order valence-corrected chi connectivity index (χ0v) is 14.7. The van der Waals surface area contributed by atoms with Crippen LogP contribution in [-0.4, -0.2) is 4.98 Å². The highest BCUT2D eigenvalue weighted by Crippen LogP contribution is 2.50. The first-order chi connectivity index (χ1) is 12.3. The molecule has 3 aromatic carbocycles. The quantitative estimate of drug-likeness (QED) is 0.443. The van der Waals surface area contributed by atoms with E-state index in [0.29, 0.717) is 0 Å². The molecule has 25 heavy (non-hydrogen) atoms. The number of para-hydroxylation sites is 1. The van der Waals surface area contributed by atoms with Gasteiger partial charge in [-0.2, -0.15) is 0 Å². The van der Waals surface area contributed by atoms with Gasteiger partial charge in [-0.15, -0.1) is 0 Å². The van der Waals surface area contributed by atoms with Crippen molar-refractivity contribution in [1.82, 2.24) is 4.98 Å². The summed E-state index contributed by atoms with van der Waals surface area (Å²) in [7, 11) is 0. The number of aromatic amines is 1. The van der Waals surface area contributed by atoms with Crippen molar-refractivity contribution in [2.45, 2.75) is 17.2 Å². The maximum atomic E-state index is 3.71. The minimum atomic E-state index is 0.211. The van der Waals surface area contributed by atoms with E-state index in [9.17, 15) is 0 Å². The molecule has 0 radical (unpaired) electrons. The third kappa shape index (κ3) is 2.43. The topological polar surface area (TPSA) is 27.8 Å². The van der Waals surface area contributed by atoms with E-state index in [2.05, 4.69) is 90.0 Å². The second-order valence-corrected chi connectivity index (χ2v) is 7.61. The van der Waals surface area contributed by atoms with Crippen molar-refractivity contribution in [3.05, 3.63) is 83.9 Å². The molecule has 1 aliphatic rings. The molecule has 0 saturated carbocycles. The van der Waals surface area contributed by atoms with Crippen LogP contribution in [0.25, 0.3) is 22.2 Å². The van der Waals surface area contributed by atoms with Crippen LogP contribution in [0.4, 0.5) is 5.69 Å². The Morgan fingerprint density at radius 1 is 0.880 bits per heavy atom. The lowest BCUT2D eigenvalue weighted by atomic mass is 10.0. The monoisotopic (exact) mass is 342 g/mol. The minimum absolute atomic E-state index is 0.211. The van der Waals surface area contributed by atoms with Crippen LogP contribution < -0.4 is 5.32 Å². The molecular weight excluding hydrogens is 324 g/mol. The molecule has 1 unspecified atom stereocenters. The van der Waals surface area contributed by atoms with Gasteiger partial charge in [-0.3, -0.25) is 0 Å². The number of aromatic nitrogens is 1. The number of thioether (sulfide) groups is 1. The van der Waals surface area contributed by atoms with Gasteiger partial charge in [-0.25, -0.2) is 0 Å². The van der Waals surface area contributed by atoms with E-state index in [4.69, 9.17) is 0 Å². The van der Waals surface area contributed by atoms with Crippen LogP contribution in [0.15, 0.2) is 77.7 Å². The summed E-state index contributed by atoms with van der Waals surface area (Å²) >= 11 is 1.90. The van der Waals surface area contributed by atoms with Crippen molar-refractivity contribution < 1.29 is 0 Å². The van der Waals surface area contributed by atoms with Gasteiger partial charge in [0.05, 0.1) is 5.69 Å². The zero-order valence-electron chi connectivity index (χ0n) is 13.9. The van der Waals surface area contributed by atoms with E-state index in [0.717, 1.165) is 0 Å². The van der Waals surface area contributed by atoms with Crippen LogP contribution in [0.1, 0.15) is 16.5 Å². The molecule has 1 atom stereocenters. The second kappa shape index (κ2) is 5.71. The first-order valence-electron chi connectivity index (χ1n) is 8.49. The molecule has 0 aliphatic carbocycles. The minimum Gasteiger partial charge on any atom is -0.368 e. The number of hydrogen-bond donors (Lipinski definition) is 2. The van der Waals surface area contributed by atoms with Gasteiger partial charge >= 0.3 is 0 Å². The predicted molar refractivity (Wildman–Crippen MR) is 107 cm³/mol. The lowest BCUT2D eigenvalue weighted by Crippen LogP contribution is -2.02. The number of anilines is 1. The van der Waals surface area contributed by atoms with E-state index in [1.54, 1.807) is 0 Å². The van der Waals surface area contributed by atoms with Crippen molar-refractivity contribution >= 4 is 28.4 Å². The van der Waals surface area contributed by atoms with E-state index < -0.39 is 0 Å². The third-order valence-electron chi connectivity index (χ3n) is 4.74. The number of fused-ring (bicyclic) bond motifs is 2. The summed E-state index contributed by atoms with van der Waals surface area (Å²) in [6.07, 6.45) is 0. The number of hydrogen-bond acceptors (Lipinski definition) is 2. The lowest BCUT2D eigenvalue weighted by Gasteiger charge is -2.13. The molecule has 0 bridgehead atoms. The molecular formula is C22H18N2S. The van der Waals surface area contributed by atoms with E-state index in [-0.39, 0.29) is 5.37 Å². The van der Waals surface area contributed by atoms with Crippen LogP contribution in [-0.2, 0) is 0 Å². The average molecular weight is 342 g/mol. The van der Waals surface area contributed by atoms with Gasteiger partial charge < -0.3 is 10.3 Å². The van der Waals surface area contributed by atoms with E-state index in [1.165, 1.54) is 43.9 Å². The Labute approximate surface area is 151 Å². The highest BCUT2D eigenvalue weighted by molar-refractivity contribution is 8.00. The number of H-pyrrole nitrogens is 1. The molecule has 1 aliphatic heterocycles. The summed E-state index contributed by atoms with van der Waals surface area (Å²) in [5, 5.41) is 5.21. The second-order valence-electron chi connectivity index (χ2n) is 6.47. The van der Waals surface area contributed by atoms with Crippen LogP contribution in [0.5, 0.6) is 0 Å². The van der Waals surface area contributed by atoms with Crippen LogP contribution in [0.2, 0.25) is 0 Å². The van der Waals surface area contributed by atoms with Gasteiger partial charge in [0, 0.05) is 27.0 Å². The Balaban J connectivity index is 1.68. The summed E-state index contributed by atoms with van der Waals surface area (Å²) < 4.78 is 0. The number of benzene rings is 3. The fraction of sp³-hybridized carbons (Fsp3) is 0.0909. The Kier molecular flexibility index (Phi) is 3.35. The highest BCUT2D eigenvalue weighted by atomic mass is 32.2. The van der Waals surface area contributed by atoms with E-state index >= 15 is 0 Å². The maximum absolute atomic E-state index is 3.71. The summed E-state index contributed by atoms with van der Waals surface area (Å²) in [6.45, 7) is 2.15. The normalized spacial score (nSPS) is 16.0. The van der Waals surface area contributed by atoms with Crippen LogP contribution in [0.3, 0.4) is 0 Å². The molecule has 0 amide bonds. The molecule has 0 fully saturated rings. The Morgan fingerprint density at radius 3 is 2.56 bits per heavy atom. The number of aryl methyl sites for hydroxylation is 1. The van der Waals surface area contributed by atoms with Gasteiger partial charge in [-0.1, -0.05) is 66.4 Å². The third-order valence-corrected chi connectivity index (χ3v) is 5.92. The first-order valence-corrected chi connectivity index (χ1v) is 9.37. The molecule has 2 N–H and O–H groups in total. The summed E-state index contributed by atoms with van der Waals surface area (Å²) in [6, 6.07) is 25.8. The molecule has 2 heterocycles. The van der Waals surface area contributed by atoms with E-state index in [1.807, 2.05) is 11.8 Å². The predicted octanol–water partition coefficient (Wildman–Crippen LogP) is 6.36. The average Bonchev–Trinajstić information content (AvgIpc) is 3.22. The molecule has 0 spiro atoms. The van der Waals surface area contributed by atoms with Crippen LogP contribution >= 0.6 is 11.8 Å². The Hall–Kier alpha value is -2.65. The first kappa shape index (κ1) is 14.7. The SMILES string of the molecule is Cc1ccc2c(c1)SC(c1c(-c3ccccc3)[nH]c3ccccc13)N2. The zero-order chi connectivity index (χ0) is 16.8. The molecule has 122 valence electrons. The Bertz CT molecular complexity index is 1070. The largest absolute Gasteiger partial charge is 0.368 e. The molecule has 5 rings (SSSR count). The van der Waals surface area contributed by atoms with Gasteiger partial charge in [0.1, 0.15) is 5.37 Å².